The molecule has 7 nitrogen and oxygen atoms in total. The maximum absolute atomic E-state index is 12.7. The minimum atomic E-state index is -0.292. The lowest BCUT2D eigenvalue weighted by Gasteiger charge is -2.08. The van der Waals surface area contributed by atoms with Gasteiger partial charge in [0.1, 0.15) is 21.7 Å². The summed E-state index contributed by atoms with van der Waals surface area (Å²) in [5.41, 5.74) is 1.55. The molecule has 1 amide bonds. The van der Waals surface area contributed by atoms with E-state index in [0.717, 1.165) is 15.8 Å². The second-order valence-corrected chi connectivity index (χ2v) is 7.17. The Morgan fingerprint density at radius 1 is 1.21 bits per heavy atom. The Balaban J connectivity index is 1.76. The number of carbonyl (C=O) groups excluding carboxylic acids is 1. The number of thiazole rings is 1. The van der Waals surface area contributed by atoms with Crippen molar-refractivity contribution in [2.75, 3.05) is 21.0 Å². The number of methoxy groups -OCH3 is 2. The Morgan fingerprint density at radius 3 is 2.72 bits per heavy atom. The summed E-state index contributed by atoms with van der Waals surface area (Å²) >= 11 is 1.33. The molecule has 4 rings (SSSR count). The van der Waals surface area contributed by atoms with Crippen LogP contribution in [0.25, 0.3) is 10.2 Å². The molecular weight excluding hydrogens is 392 g/mol. The topological polar surface area (TPSA) is 71.3 Å². The highest BCUT2D eigenvalue weighted by atomic mass is 32.1. The molecule has 0 saturated heterocycles. The standard InChI is InChI=1S/C21H18N2O5S/c1-4-9-23-19-15(25-2)7-8-16(26-3)20(19)29-21(23)22-18(24)11-13-5-6-14-17(10-13)28-12-27-14/h1,5-8,10H,9,11-12H2,2-3H3. The lowest BCUT2D eigenvalue weighted by Crippen LogP contribution is -2.17. The molecule has 0 unspecified atom stereocenters. The van der Waals surface area contributed by atoms with Gasteiger partial charge in [0, 0.05) is 0 Å². The molecule has 148 valence electrons. The molecule has 1 aromatic heterocycles. The van der Waals surface area contributed by atoms with Crippen molar-refractivity contribution in [3.8, 4) is 35.3 Å². The Hall–Kier alpha value is -3.44. The van der Waals surface area contributed by atoms with Crippen molar-refractivity contribution < 1.29 is 23.7 Å². The van der Waals surface area contributed by atoms with E-state index in [1.807, 2.05) is 12.1 Å². The highest BCUT2D eigenvalue weighted by Gasteiger charge is 2.17. The quantitative estimate of drug-likeness (QED) is 0.605. The van der Waals surface area contributed by atoms with Crippen LogP contribution in [0, 0.1) is 12.3 Å². The van der Waals surface area contributed by atoms with Crippen LogP contribution in [-0.2, 0) is 17.8 Å². The molecule has 2 aromatic carbocycles. The number of rotatable bonds is 5. The minimum Gasteiger partial charge on any atom is -0.495 e. The van der Waals surface area contributed by atoms with Crippen LogP contribution < -0.4 is 23.7 Å². The lowest BCUT2D eigenvalue weighted by molar-refractivity contribution is -0.117. The zero-order valence-corrected chi connectivity index (χ0v) is 16.7. The Bertz CT molecular complexity index is 1200. The number of ether oxygens (including phenoxy) is 4. The molecule has 2 heterocycles. The molecule has 0 saturated carbocycles. The third-order valence-corrected chi connectivity index (χ3v) is 5.55. The summed E-state index contributed by atoms with van der Waals surface area (Å²) in [6, 6.07) is 9.03. The van der Waals surface area contributed by atoms with Gasteiger partial charge in [-0.05, 0) is 29.8 Å². The number of aromatic nitrogens is 1. The van der Waals surface area contributed by atoms with E-state index in [4.69, 9.17) is 25.4 Å². The van der Waals surface area contributed by atoms with Crippen molar-refractivity contribution in [3.63, 3.8) is 0 Å². The summed E-state index contributed by atoms with van der Waals surface area (Å²) < 4.78 is 24.2. The van der Waals surface area contributed by atoms with Gasteiger partial charge in [-0.15, -0.1) is 6.42 Å². The third kappa shape index (κ3) is 3.52. The van der Waals surface area contributed by atoms with E-state index in [9.17, 15) is 4.79 Å². The molecule has 0 aliphatic carbocycles. The van der Waals surface area contributed by atoms with Gasteiger partial charge in [-0.1, -0.05) is 23.3 Å². The molecule has 3 aromatic rings. The summed E-state index contributed by atoms with van der Waals surface area (Å²) in [4.78, 5) is 17.5. The first-order chi connectivity index (χ1) is 14.1. The number of terminal acetylenes is 1. The molecule has 1 aliphatic rings. The van der Waals surface area contributed by atoms with E-state index in [1.54, 1.807) is 37.0 Å². The van der Waals surface area contributed by atoms with Gasteiger partial charge in [-0.25, -0.2) is 0 Å². The van der Waals surface area contributed by atoms with Crippen LogP contribution in [0.15, 0.2) is 35.3 Å². The third-order valence-electron chi connectivity index (χ3n) is 4.45. The normalized spacial score (nSPS) is 12.8. The van der Waals surface area contributed by atoms with E-state index in [-0.39, 0.29) is 25.7 Å². The molecule has 0 atom stereocenters. The van der Waals surface area contributed by atoms with Gasteiger partial charge < -0.3 is 23.5 Å². The Labute approximate surface area is 171 Å². The van der Waals surface area contributed by atoms with Crippen LogP contribution in [0.2, 0.25) is 0 Å². The van der Waals surface area contributed by atoms with Crippen LogP contribution in [0.1, 0.15) is 5.56 Å². The van der Waals surface area contributed by atoms with Crippen LogP contribution in [0.5, 0.6) is 23.0 Å². The van der Waals surface area contributed by atoms with Gasteiger partial charge in [0.15, 0.2) is 16.3 Å². The zero-order valence-electron chi connectivity index (χ0n) is 15.9. The smallest absolute Gasteiger partial charge is 0.252 e. The highest BCUT2D eigenvalue weighted by Crippen LogP contribution is 2.35. The van der Waals surface area contributed by atoms with Crippen LogP contribution in [0.3, 0.4) is 0 Å². The SMILES string of the molecule is C#CCn1c(=NC(=O)Cc2ccc3c(c2)OCO3)sc2c(OC)ccc(OC)c21. The fourth-order valence-electron chi connectivity index (χ4n) is 3.15. The van der Waals surface area contributed by atoms with Crippen molar-refractivity contribution in [1.29, 1.82) is 0 Å². The molecular formula is C21H18N2O5S. The molecule has 0 fully saturated rings. The number of benzene rings is 2. The maximum atomic E-state index is 12.7. The predicted molar refractivity (Wildman–Crippen MR) is 109 cm³/mol. The van der Waals surface area contributed by atoms with Gasteiger partial charge >= 0.3 is 0 Å². The first kappa shape index (κ1) is 18.9. The van der Waals surface area contributed by atoms with Crippen molar-refractivity contribution in [1.82, 2.24) is 4.57 Å². The molecule has 29 heavy (non-hydrogen) atoms. The first-order valence-electron chi connectivity index (χ1n) is 8.78. The summed E-state index contributed by atoms with van der Waals surface area (Å²) in [6.45, 7) is 0.439. The number of nitrogens with zero attached hydrogens (tertiary/aromatic N) is 2. The van der Waals surface area contributed by atoms with Gasteiger partial charge in [0.25, 0.3) is 5.91 Å². The zero-order chi connectivity index (χ0) is 20.4. The number of hydrogen-bond acceptors (Lipinski definition) is 6. The Kier molecular flexibility index (Phi) is 5.14. The average molecular weight is 410 g/mol. The Morgan fingerprint density at radius 2 is 1.97 bits per heavy atom. The van der Waals surface area contributed by atoms with Gasteiger partial charge in [0.2, 0.25) is 6.79 Å². The minimum absolute atomic E-state index is 0.134. The second-order valence-electron chi connectivity index (χ2n) is 6.19. The highest BCUT2D eigenvalue weighted by molar-refractivity contribution is 7.16. The van der Waals surface area contributed by atoms with Crippen molar-refractivity contribution in [3.05, 3.63) is 40.7 Å². The molecule has 0 N–H and O–H groups in total. The van der Waals surface area contributed by atoms with Crippen LogP contribution in [-0.4, -0.2) is 31.5 Å². The fourth-order valence-corrected chi connectivity index (χ4v) is 4.30. The summed E-state index contributed by atoms with van der Waals surface area (Å²) in [5.74, 6) is 4.93. The van der Waals surface area contributed by atoms with Crippen LogP contribution in [0.4, 0.5) is 0 Å². The molecule has 0 radical (unpaired) electrons. The van der Waals surface area contributed by atoms with E-state index in [2.05, 4.69) is 10.9 Å². The van der Waals surface area contributed by atoms with Crippen molar-refractivity contribution >= 4 is 27.5 Å². The lowest BCUT2D eigenvalue weighted by atomic mass is 10.1. The predicted octanol–water partition coefficient (Wildman–Crippen LogP) is 2.75. The second kappa shape index (κ2) is 7.89. The average Bonchev–Trinajstić information content (AvgIpc) is 3.32. The molecule has 8 heteroatoms. The van der Waals surface area contributed by atoms with E-state index < -0.39 is 0 Å². The summed E-state index contributed by atoms with van der Waals surface area (Å²) in [6.07, 6.45) is 5.69. The first-order valence-corrected chi connectivity index (χ1v) is 9.60. The molecule has 1 aliphatic heterocycles. The molecule has 0 spiro atoms. The summed E-state index contributed by atoms with van der Waals surface area (Å²) in [7, 11) is 3.18. The number of carbonyl (C=O) groups is 1. The monoisotopic (exact) mass is 410 g/mol. The van der Waals surface area contributed by atoms with Gasteiger partial charge in [-0.2, -0.15) is 4.99 Å². The van der Waals surface area contributed by atoms with Gasteiger partial charge in [0.05, 0.1) is 27.2 Å². The van der Waals surface area contributed by atoms with E-state index in [0.29, 0.717) is 27.8 Å². The van der Waals surface area contributed by atoms with E-state index in [1.165, 1.54) is 11.3 Å². The fraction of sp³-hybridized carbons (Fsp3) is 0.238. The number of amides is 1. The number of fused-ring (bicyclic) bond motifs is 2. The number of hydrogen-bond donors (Lipinski definition) is 0. The summed E-state index contributed by atoms with van der Waals surface area (Å²) in [5, 5.41) is 0. The van der Waals surface area contributed by atoms with Crippen LogP contribution >= 0.6 is 11.3 Å². The largest absolute Gasteiger partial charge is 0.495 e. The molecule has 0 bridgehead atoms. The van der Waals surface area contributed by atoms with E-state index >= 15 is 0 Å². The van der Waals surface area contributed by atoms with Crippen molar-refractivity contribution in [2.45, 2.75) is 13.0 Å². The maximum Gasteiger partial charge on any atom is 0.252 e. The van der Waals surface area contributed by atoms with Gasteiger partial charge in [-0.3, -0.25) is 4.79 Å². The van der Waals surface area contributed by atoms with Crippen molar-refractivity contribution in [2.24, 2.45) is 4.99 Å².